The molecule has 0 fully saturated rings. The Balaban J connectivity index is 1.80. The number of aryl methyl sites for hydroxylation is 2. The number of hydrogen-bond donors (Lipinski definition) is 1. The van der Waals surface area contributed by atoms with E-state index < -0.39 is 11.9 Å². The van der Waals surface area contributed by atoms with E-state index in [1.807, 2.05) is 45.0 Å². The second kappa shape index (κ2) is 10.2. The number of esters is 1. The highest BCUT2D eigenvalue weighted by molar-refractivity contribution is 5.94. The Bertz CT molecular complexity index is 768. The predicted octanol–water partition coefficient (Wildman–Crippen LogP) is 3.65. The highest BCUT2D eigenvalue weighted by Gasteiger charge is 2.12. The summed E-state index contributed by atoms with van der Waals surface area (Å²) in [5.41, 5.74) is 2.63. The Labute approximate surface area is 159 Å². The molecule has 2 aromatic carbocycles. The number of hydrogen-bond acceptors (Lipinski definition) is 5. The SMILES string of the molecule is CCCOc1ccccc1OCC(=O)OCC(=O)Nc1c(C)cccc1C. The highest BCUT2D eigenvalue weighted by atomic mass is 16.6. The Hall–Kier alpha value is -3.02. The summed E-state index contributed by atoms with van der Waals surface area (Å²) in [4.78, 5) is 23.9. The van der Waals surface area contributed by atoms with Crippen LogP contribution in [0.15, 0.2) is 42.5 Å². The van der Waals surface area contributed by atoms with Crippen molar-refractivity contribution in [2.45, 2.75) is 27.2 Å². The highest BCUT2D eigenvalue weighted by Crippen LogP contribution is 2.26. The predicted molar refractivity (Wildman–Crippen MR) is 103 cm³/mol. The Morgan fingerprint density at radius 2 is 1.52 bits per heavy atom. The van der Waals surface area contributed by atoms with E-state index in [0.717, 1.165) is 23.2 Å². The number of rotatable bonds is 9. The smallest absolute Gasteiger partial charge is 0.344 e. The number of anilines is 1. The summed E-state index contributed by atoms with van der Waals surface area (Å²) >= 11 is 0. The molecule has 0 spiro atoms. The van der Waals surface area contributed by atoms with Crippen molar-refractivity contribution in [3.05, 3.63) is 53.6 Å². The second-order valence-corrected chi connectivity index (χ2v) is 6.06. The van der Waals surface area contributed by atoms with Gasteiger partial charge in [-0.15, -0.1) is 0 Å². The Morgan fingerprint density at radius 3 is 2.15 bits per heavy atom. The normalized spacial score (nSPS) is 10.2. The summed E-state index contributed by atoms with van der Waals surface area (Å²) < 4.78 is 16.0. The van der Waals surface area contributed by atoms with Crippen LogP contribution in [-0.4, -0.2) is 31.7 Å². The van der Waals surface area contributed by atoms with Crippen molar-refractivity contribution in [2.24, 2.45) is 0 Å². The van der Waals surface area contributed by atoms with Crippen molar-refractivity contribution in [2.75, 3.05) is 25.1 Å². The standard InChI is InChI=1S/C21H25NO5/c1-4-12-25-17-10-5-6-11-18(17)26-14-20(24)27-13-19(23)22-21-15(2)8-7-9-16(21)3/h5-11H,4,12-14H2,1-3H3,(H,22,23). The molecule has 0 aliphatic rings. The number of ether oxygens (including phenoxy) is 3. The quantitative estimate of drug-likeness (QED) is 0.681. The first-order valence-electron chi connectivity index (χ1n) is 8.87. The lowest BCUT2D eigenvalue weighted by molar-refractivity contribution is -0.149. The average molecular weight is 371 g/mol. The summed E-state index contributed by atoms with van der Waals surface area (Å²) in [6.07, 6.45) is 0.867. The minimum Gasteiger partial charge on any atom is -0.490 e. The molecule has 1 amide bonds. The number of nitrogens with one attached hydrogen (secondary N) is 1. The average Bonchev–Trinajstić information content (AvgIpc) is 2.66. The first-order valence-corrected chi connectivity index (χ1v) is 8.87. The van der Waals surface area contributed by atoms with Crippen LogP contribution in [0.25, 0.3) is 0 Å². The van der Waals surface area contributed by atoms with E-state index in [1.165, 1.54) is 0 Å². The van der Waals surface area contributed by atoms with E-state index in [1.54, 1.807) is 18.2 Å². The number of benzene rings is 2. The molecule has 0 aliphatic heterocycles. The molecule has 0 radical (unpaired) electrons. The van der Waals surface area contributed by atoms with Crippen LogP contribution in [-0.2, 0) is 14.3 Å². The summed E-state index contributed by atoms with van der Waals surface area (Å²) in [7, 11) is 0. The number of carbonyl (C=O) groups is 2. The zero-order valence-electron chi connectivity index (χ0n) is 15.9. The van der Waals surface area contributed by atoms with Crippen molar-refractivity contribution in [3.8, 4) is 11.5 Å². The van der Waals surface area contributed by atoms with Crippen molar-refractivity contribution >= 4 is 17.6 Å². The van der Waals surface area contributed by atoms with Crippen molar-refractivity contribution in [1.29, 1.82) is 0 Å². The van der Waals surface area contributed by atoms with Crippen molar-refractivity contribution < 1.29 is 23.8 Å². The molecule has 0 aromatic heterocycles. The van der Waals surface area contributed by atoms with Crippen LogP contribution >= 0.6 is 0 Å². The fourth-order valence-corrected chi connectivity index (χ4v) is 2.41. The van der Waals surface area contributed by atoms with E-state index in [-0.39, 0.29) is 13.2 Å². The lowest BCUT2D eigenvalue weighted by Gasteiger charge is -2.13. The fourth-order valence-electron chi connectivity index (χ4n) is 2.41. The second-order valence-electron chi connectivity index (χ2n) is 6.06. The molecule has 2 aromatic rings. The number of amides is 1. The summed E-state index contributed by atoms with van der Waals surface area (Å²) in [5.74, 6) is 0.00665. The summed E-state index contributed by atoms with van der Waals surface area (Å²) in [6.45, 7) is 5.70. The van der Waals surface area contributed by atoms with Gasteiger partial charge < -0.3 is 19.5 Å². The molecule has 2 rings (SSSR count). The lowest BCUT2D eigenvalue weighted by atomic mass is 10.1. The van der Waals surface area contributed by atoms with Crippen LogP contribution in [0.2, 0.25) is 0 Å². The molecule has 6 heteroatoms. The van der Waals surface area contributed by atoms with E-state index in [0.29, 0.717) is 18.1 Å². The van der Waals surface area contributed by atoms with Crippen molar-refractivity contribution in [1.82, 2.24) is 0 Å². The molecular formula is C21H25NO5. The topological polar surface area (TPSA) is 73.9 Å². The maximum atomic E-state index is 12.0. The van der Waals surface area contributed by atoms with Gasteiger partial charge in [-0.2, -0.15) is 0 Å². The van der Waals surface area contributed by atoms with Crippen LogP contribution < -0.4 is 14.8 Å². The van der Waals surface area contributed by atoms with Crippen LogP contribution in [0, 0.1) is 13.8 Å². The number of carbonyl (C=O) groups excluding carboxylic acids is 2. The third-order valence-electron chi connectivity index (χ3n) is 3.77. The number of para-hydroxylation sites is 3. The molecule has 144 valence electrons. The van der Waals surface area contributed by atoms with Gasteiger partial charge in [0.05, 0.1) is 6.61 Å². The molecular weight excluding hydrogens is 346 g/mol. The van der Waals surface area contributed by atoms with Gasteiger partial charge in [-0.25, -0.2) is 4.79 Å². The van der Waals surface area contributed by atoms with Gasteiger partial charge in [-0.3, -0.25) is 4.79 Å². The van der Waals surface area contributed by atoms with E-state index in [4.69, 9.17) is 14.2 Å². The zero-order valence-corrected chi connectivity index (χ0v) is 15.9. The first kappa shape index (κ1) is 20.3. The van der Waals surface area contributed by atoms with Gasteiger partial charge in [0.25, 0.3) is 5.91 Å². The van der Waals surface area contributed by atoms with E-state index in [9.17, 15) is 9.59 Å². The summed E-state index contributed by atoms with van der Waals surface area (Å²) in [6, 6.07) is 12.8. The first-order chi connectivity index (χ1) is 13.0. The van der Waals surface area contributed by atoms with Gasteiger partial charge in [0.2, 0.25) is 0 Å². The van der Waals surface area contributed by atoms with Crippen LogP contribution in [0.5, 0.6) is 11.5 Å². The largest absolute Gasteiger partial charge is 0.490 e. The molecule has 1 N–H and O–H groups in total. The van der Waals surface area contributed by atoms with Crippen molar-refractivity contribution in [3.63, 3.8) is 0 Å². The molecule has 0 heterocycles. The molecule has 27 heavy (non-hydrogen) atoms. The fraction of sp³-hybridized carbons (Fsp3) is 0.333. The van der Waals surface area contributed by atoms with E-state index >= 15 is 0 Å². The molecule has 0 aliphatic carbocycles. The maximum Gasteiger partial charge on any atom is 0.344 e. The van der Waals surface area contributed by atoms with Gasteiger partial charge in [0.15, 0.2) is 24.7 Å². The van der Waals surface area contributed by atoms with Gasteiger partial charge in [-0.05, 0) is 43.5 Å². The Kier molecular flexibility index (Phi) is 7.67. The van der Waals surface area contributed by atoms with Gasteiger partial charge in [0, 0.05) is 5.69 Å². The molecule has 0 unspecified atom stereocenters. The van der Waals surface area contributed by atoms with Gasteiger partial charge >= 0.3 is 5.97 Å². The van der Waals surface area contributed by atoms with Gasteiger partial charge in [-0.1, -0.05) is 37.3 Å². The van der Waals surface area contributed by atoms with Crippen LogP contribution in [0.4, 0.5) is 5.69 Å². The van der Waals surface area contributed by atoms with E-state index in [2.05, 4.69) is 5.32 Å². The minimum absolute atomic E-state index is 0.302. The molecule has 0 saturated carbocycles. The van der Waals surface area contributed by atoms with Crippen LogP contribution in [0.1, 0.15) is 24.5 Å². The van der Waals surface area contributed by atoms with Gasteiger partial charge in [0.1, 0.15) is 0 Å². The molecule has 0 saturated heterocycles. The third kappa shape index (κ3) is 6.33. The van der Waals surface area contributed by atoms with Crippen LogP contribution in [0.3, 0.4) is 0 Å². The maximum absolute atomic E-state index is 12.0. The lowest BCUT2D eigenvalue weighted by Crippen LogP contribution is -2.24. The Morgan fingerprint density at radius 1 is 0.889 bits per heavy atom. The molecule has 0 atom stereocenters. The molecule has 6 nitrogen and oxygen atoms in total. The third-order valence-corrected chi connectivity index (χ3v) is 3.77. The monoisotopic (exact) mass is 371 g/mol. The summed E-state index contributed by atoms with van der Waals surface area (Å²) in [5, 5.41) is 2.76. The molecule has 0 bridgehead atoms. The zero-order chi connectivity index (χ0) is 19.6. The minimum atomic E-state index is -0.628.